The maximum absolute atomic E-state index is 11.1. The lowest BCUT2D eigenvalue weighted by atomic mass is 10.1. The van der Waals surface area contributed by atoms with Crippen molar-refractivity contribution in [1.82, 2.24) is 0 Å². The van der Waals surface area contributed by atoms with Crippen LogP contribution in [0.3, 0.4) is 0 Å². The van der Waals surface area contributed by atoms with E-state index in [2.05, 4.69) is 67.8 Å². The van der Waals surface area contributed by atoms with E-state index in [0.717, 1.165) is 12.7 Å². The minimum absolute atomic E-state index is 0.173. The van der Waals surface area contributed by atoms with E-state index in [-0.39, 0.29) is 9.67 Å². The number of rotatable bonds is 5. The van der Waals surface area contributed by atoms with Crippen LogP contribution in [0.1, 0.15) is 9.49 Å². The Kier molecular flexibility index (Phi) is 6.74. The molecule has 0 heterocycles. The Bertz CT molecular complexity index is 698. The average Bonchev–Trinajstić information content (AvgIpc) is 2.48. The first-order chi connectivity index (χ1) is 10.8. The molecule has 5 nitrogen and oxygen atoms in total. The lowest BCUT2D eigenvalue weighted by Crippen LogP contribution is -2.34. The molecule has 0 amide bonds. The van der Waals surface area contributed by atoms with Crippen molar-refractivity contribution in [3.8, 4) is 17.2 Å². The predicted molar refractivity (Wildman–Crippen MR) is 112 cm³/mol. The molecule has 4 N–H and O–H groups in total. The molecular weight excluding hydrogens is 639 g/mol. The minimum atomic E-state index is -1.03. The van der Waals surface area contributed by atoms with Crippen molar-refractivity contribution in [3.63, 3.8) is 0 Å². The molecule has 2 rings (SSSR count). The molecule has 0 aromatic heterocycles. The summed E-state index contributed by atoms with van der Waals surface area (Å²) < 4.78 is 7.20. The molecule has 122 valence electrons. The number of alkyl halides is 1. The maximum Gasteiger partial charge on any atom is 0.321 e. The second kappa shape index (κ2) is 8.16. The van der Waals surface area contributed by atoms with E-state index in [9.17, 15) is 9.90 Å². The number of phenolic OH excluding ortho intramolecular Hbond substituents is 1. The molecule has 0 unspecified atom stereocenters. The van der Waals surface area contributed by atoms with Crippen LogP contribution in [0.15, 0.2) is 36.4 Å². The van der Waals surface area contributed by atoms with E-state index in [4.69, 9.17) is 15.6 Å². The quantitative estimate of drug-likeness (QED) is 0.332. The highest BCUT2D eigenvalue weighted by atomic mass is 127. The van der Waals surface area contributed by atoms with Gasteiger partial charge in [0, 0.05) is 7.14 Å². The number of aliphatic carboxylic acids is 1. The third-order valence-electron chi connectivity index (χ3n) is 3.00. The highest BCUT2D eigenvalue weighted by molar-refractivity contribution is 14.1. The number of carboxylic acid groups (broad SMARTS) is 1. The van der Waals surface area contributed by atoms with Crippen LogP contribution in [0.2, 0.25) is 0 Å². The lowest BCUT2D eigenvalue weighted by Gasteiger charge is -2.19. The Morgan fingerprint density at radius 3 is 2.09 bits per heavy atom. The van der Waals surface area contributed by atoms with E-state index in [1.54, 1.807) is 24.3 Å². The van der Waals surface area contributed by atoms with Gasteiger partial charge in [0.2, 0.25) is 0 Å². The first-order valence-electron chi connectivity index (χ1n) is 6.38. The van der Waals surface area contributed by atoms with Crippen LogP contribution >= 0.6 is 67.8 Å². The first kappa shape index (κ1) is 19.0. The zero-order valence-corrected chi connectivity index (χ0v) is 18.0. The second-order valence-corrected chi connectivity index (χ2v) is 8.33. The van der Waals surface area contributed by atoms with E-state index in [1.165, 1.54) is 0 Å². The summed E-state index contributed by atoms with van der Waals surface area (Å²) in [6.45, 7) is 0. The molecular formula is C15H12I3NO4. The van der Waals surface area contributed by atoms with Crippen LogP contribution in [0.5, 0.6) is 17.2 Å². The fraction of sp³-hybridized carbons (Fsp3) is 0.133. The first-order valence-corrected chi connectivity index (χ1v) is 9.78. The molecule has 23 heavy (non-hydrogen) atoms. The number of ether oxygens (including phenoxy) is 1. The molecule has 0 aliphatic rings. The van der Waals surface area contributed by atoms with E-state index < -0.39 is 12.0 Å². The van der Waals surface area contributed by atoms with Crippen molar-refractivity contribution in [2.45, 2.75) is 9.97 Å². The highest BCUT2D eigenvalue weighted by Crippen LogP contribution is 2.37. The van der Waals surface area contributed by atoms with Gasteiger partial charge in [-0.3, -0.25) is 4.79 Å². The smallest absolute Gasteiger partial charge is 0.321 e. The van der Waals surface area contributed by atoms with Crippen molar-refractivity contribution in [1.29, 1.82) is 0 Å². The lowest BCUT2D eigenvalue weighted by molar-refractivity contribution is -0.138. The number of carbonyl (C=O) groups is 1. The van der Waals surface area contributed by atoms with Gasteiger partial charge in [0.25, 0.3) is 0 Å². The maximum atomic E-state index is 11.1. The van der Waals surface area contributed by atoms with Gasteiger partial charge in [0.05, 0.1) is 3.92 Å². The molecule has 0 saturated heterocycles. The van der Waals surface area contributed by atoms with Gasteiger partial charge in [-0.1, -0.05) is 22.6 Å². The Morgan fingerprint density at radius 2 is 1.61 bits per heavy atom. The SMILES string of the molecule is N[C@H](C(=O)O)[C@@H](I)c1c(I)cc(Oc2ccc(O)cc2)cc1I. The van der Waals surface area contributed by atoms with Crippen LogP contribution in [-0.2, 0) is 4.79 Å². The largest absolute Gasteiger partial charge is 0.508 e. The molecule has 2 atom stereocenters. The Balaban J connectivity index is 2.29. The summed E-state index contributed by atoms with van der Waals surface area (Å²) in [7, 11) is 0. The number of halogens is 3. The number of hydrogen-bond acceptors (Lipinski definition) is 4. The van der Waals surface area contributed by atoms with Gasteiger partial charge >= 0.3 is 5.97 Å². The molecule has 0 saturated carbocycles. The van der Waals surface area contributed by atoms with Crippen LogP contribution in [-0.4, -0.2) is 22.2 Å². The van der Waals surface area contributed by atoms with E-state index >= 15 is 0 Å². The van der Waals surface area contributed by atoms with Gasteiger partial charge in [-0.05, 0) is 87.1 Å². The van der Waals surface area contributed by atoms with Crippen LogP contribution in [0.4, 0.5) is 0 Å². The average molecular weight is 651 g/mol. The molecule has 0 bridgehead atoms. The Morgan fingerprint density at radius 1 is 1.09 bits per heavy atom. The third kappa shape index (κ3) is 4.82. The zero-order chi connectivity index (χ0) is 17.1. The summed E-state index contributed by atoms with van der Waals surface area (Å²) in [6.07, 6.45) is 0. The molecule has 0 spiro atoms. The topological polar surface area (TPSA) is 92.8 Å². The summed E-state index contributed by atoms with van der Waals surface area (Å²) in [5.41, 5.74) is 6.63. The van der Waals surface area contributed by atoms with Gasteiger partial charge < -0.3 is 20.7 Å². The molecule has 8 heteroatoms. The standard InChI is InChI=1S/C15H12I3NO4/c16-10-5-9(23-8-3-1-7(20)2-4-8)6-11(17)12(10)13(18)14(19)15(21)22/h1-6,13-14,20H,19H2,(H,21,22)/t13-,14-/m0/s1. The van der Waals surface area contributed by atoms with Crippen molar-refractivity contribution < 1.29 is 19.7 Å². The predicted octanol–water partition coefficient (Wildman–Crippen LogP) is 4.28. The molecule has 0 fully saturated rings. The van der Waals surface area contributed by atoms with Crippen LogP contribution in [0, 0.1) is 7.14 Å². The summed E-state index contributed by atoms with van der Waals surface area (Å²) >= 11 is 6.36. The number of nitrogens with two attached hydrogens (primary N) is 1. The van der Waals surface area contributed by atoms with Crippen LogP contribution < -0.4 is 10.5 Å². The molecule has 0 aliphatic carbocycles. The summed E-state index contributed by atoms with van der Waals surface area (Å²) in [4.78, 5) is 11.1. The normalized spacial score (nSPS) is 13.4. The van der Waals surface area contributed by atoms with E-state index in [1.807, 2.05) is 12.1 Å². The third-order valence-corrected chi connectivity index (χ3v) is 6.18. The van der Waals surface area contributed by atoms with Crippen LogP contribution in [0.25, 0.3) is 0 Å². The number of carboxylic acids is 1. The molecule has 2 aromatic rings. The molecule has 2 aromatic carbocycles. The van der Waals surface area contributed by atoms with Gasteiger partial charge in [-0.15, -0.1) is 0 Å². The minimum Gasteiger partial charge on any atom is -0.508 e. The number of phenols is 1. The van der Waals surface area contributed by atoms with Crippen molar-refractivity contribution in [3.05, 3.63) is 49.1 Å². The second-order valence-electron chi connectivity index (χ2n) is 4.66. The zero-order valence-electron chi connectivity index (χ0n) is 11.5. The van der Waals surface area contributed by atoms with Crippen molar-refractivity contribution in [2.24, 2.45) is 5.73 Å². The van der Waals surface area contributed by atoms with E-state index in [0.29, 0.717) is 11.5 Å². The molecule has 0 aliphatic heterocycles. The van der Waals surface area contributed by atoms with Gasteiger partial charge in [-0.25, -0.2) is 0 Å². The highest BCUT2D eigenvalue weighted by Gasteiger charge is 2.27. The van der Waals surface area contributed by atoms with Crippen molar-refractivity contribution in [2.75, 3.05) is 0 Å². The fourth-order valence-corrected chi connectivity index (χ4v) is 6.39. The fourth-order valence-electron chi connectivity index (χ4n) is 1.84. The Hall–Kier alpha value is -0.340. The van der Waals surface area contributed by atoms with Gasteiger partial charge in [-0.2, -0.15) is 0 Å². The summed E-state index contributed by atoms with van der Waals surface area (Å²) in [5.74, 6) is 0.392. The van der Waals surface area contributed by atoms with Crippen molar-refractivity contribution >= 4 is 73.7 Å². The number of aromatic hydroxyl groups is 1. The van der Waals surface area contributed by atoms with Gasteiger partial charge in [0.15, 0.2) is 0 Å². The van der Waals surface area contributed by atoms with Gasteiger partial charge in [0.1, 0.15) is 23.3 Å². The number of benzene rings is 2. The summed E-state index contributed by atoms with van der Waals surface area (Å²) in [6, 6.07) is 9.14. The Labute approximate surface area is 174 Å². The monoisotopic (exact) mass is 651 g/mol. The number of hydrogen-bond donors (Lipinski definition) is 3. The summed E-state index contributed by atoms with van der Waals surface area (Å²) in [5, 5.41) is 18.4. The molecule has 0 radical (unpaired) electrons.